The van der Waals surface area contributed by atoms with Gasteiger partial charge in [-0.15, -0.1) is 0 Å². The Morgan fingerprint density at radius 2 is 2.00 bits per heavy atom. The zero-order chi connectivity index (χ0) is 11.5. The second-order valence-electron chi connectivity index (χ2n) is 3.22. The molecule has 2 rings (SSSR count). The van der Waals surface area contributed by atoms with Crippen LogP contribution in [0.3, 0.4) is 0 Å². The van der Waals surface area contributed by atoms with Crippen molar-refractivity contribution < 1.29 is 9.21 Å². The lowest BCUT2D eigenvalue weighted by Gasteiger charge is -1.99. The van der Waals surface area contributed by atoms with Gasteiger partial charge in [-0.2, -0.15) is 0 Å². The van der Waals surface area contributed by atoms with Crippen molar-refractivity contribution in [1.82, 2.24) is 5.32 Å². The average Bonchev–Trinajstić information content (AvgIpc) is 2.78. The molecule has 1 aromatic heterocycles. The Morgan fingerprint density at radius 1 is 1.25 bits per heavy atom. The maximum atomic E-state index is 11.3. The maximum Gasteiger partial charge on any atom is 0.286 e. The molecule has 0 unspecified atom stereocenters. The van der Waals surface area contributed by atoms with E-state index in [1.54, 1.807) is 25.2 Å². The zero-order valence-corrected chi connectivity index (χ0v) is 9.41. The number of rotatable bonds is 2. The Kier molecular flexibility index (Phi) is 2.97. The molecule has 3 nitrogen and oxygen atoms in total. The minimum atomic E-state index is -0.252. The summed E-state index contributed by atoms with van der Waals surface area (Å²) in [5.41, 5.74) is 0.777. The van der Waals surface area contributed by atoms with Crippen molar-refractivity contribution in [3.05, 3.63) is 47.2 Å². The van der Waals surface area contributed by atoms with E-state index >= 15 is 0 Å². The summed E-state index contributed by atoms with van der Waals surface area (Å²) in [5, 5.41) is 3.09. The first kappa shape index (κ1) is 10.8. The Hall–Kier alpha value is -1.74. The molecule has 2 aromatic rings. The van der Waals surface area contributed by atoms with Gasteiger partial charge < -0.3 is 9.73 Å². The number of furan rings is 1. The highest BCUT2D eigenvalue weighted by Gasteiger charge is 2.11. The molecule has 0 aliphatic rings. The molecule has 4 heteroatoms. The molecular formula is C12H10ClNO2. The third-order valence-electron chi connectivity index (χ3n) is 2.20. The SMILES string of the molecule is CNC(=O)c1ccc(-c2ccccc2Cl)o1. The van der Waals surface area contributed by atoms with Crippen LogP contribution in [0.4, 0.5) is 0 Å². The molecule has 1 N–H and O–H groups in total. The first-order valence-corrected chi connectivity index (χ1v) is 5.17. The lowest BCUT2D eigenvalue weighted by Crippen LogP contribution is -2.16. The molecule has 0 aliphatic heterocycles. The van der Waals surface area contributed by atoms with Crippen LogP contribution in [-0.2, 0) is 0 Å². The molecule has 16 heavy (non-hydrogen) atoms. The van der Waals surface area contributed by atoms with Gasteiger partial charge in [0.15, 0.2) is 5.76 Å². The van der Waals surface area contributed by atoms with Crippen molar-refractivity contribution in [2.24, 2.45) is 0 Å². The number of benzene rings is 1. The molecule has 1 heterocycles. The third-order valence-corrected chi connectivity index (χ3v) is 2.53. The molecule has 0 spiro atoms. The highest BCUT2D eigenvalue weighted by molar-refractivity contribution is 6.33. The summed E-state index contributed by atoms with van der Waals surface area (Å²) in [6.07, 6.45) is 0. The summed E-state index contributed by atoms with van der Waals surface area (Å²) in [5.74, 6) is 0.611. The second-order valence-corrected chi connectivity index (χ2v) is 3.63. The van der Waals surface area contributed by atoms with Crippen LogP contribution < -0.4 is 5.32 Å². The number of carbonyl (C=O) groups excluding carboxylic acids is 1. The summed E-state index contributed by atoms with van der Waals surface area (Å²) >= 11 is 6.02. The molecule has 0 saturated heterocycles. The van der Waals surface area contributed by atoms with Crippen molar-refractivity contribution in [3.8, 4) is 11.3 Å². The summed E-state index contributed by atoms with van der Waals surface area (Å²) < 4.78 is 5.41. The number of halogens is 1. The van der Waals surface area contributed by atoms with Crippen molar-refractivity contribution in [2.75, 3.05) is 7.05 Å². The van der Waals surface area contributed by atoms with Crippen molar-refractivity contribution in [1.29, 1.82) is 0 Å². The van der Waals surface area contributed by atoms with E-state index in [-0.39, 0.29) is 11.7 Å². The van der Waals surface area contributed by atoms with E-state index in [1.165, 1.54) is 0 Å². The summed E-state index contributed by atoms with van der Waals surface area (Å²) in [7, 11) is 1.56. The zero-order valence-electron chi connectivity index (χ0n) is 8.66. The molecule has 0 aliphatic carbocycles. The lowest BCUT2D eigenvalue weighted by molar-refractivity contribution is 0.0936. The molecule has 1 amide bonds. The first-order chi connectivity index (χ1) is 7.72. The predicted octanol–water partition coefficient (Wildman–Crippen LogP) is 2.96. The Balaban J connectivity index is 2.39. The fourth-order valence-electron chi connectivity index (χ4n) is 1.39. The molecule has 0 bridgehead atoms. The van der Waals surface area contributed by atoms with E-state index in [4.69, 9.17) is 16.0 Å². The van der Waals surface area contributed by atoms with E-state index in [0.717, 1.165) is 5.56 Å². The Bertz CT molecular complexity index is 519. The van der Waals surface area contributed by atoms with Crippen LogP contribution in [0.2, 0.25) is 5.02 Å². The molecule has 1 aromatic carbocycles. The van der Waals surface area contributed by atoms with Gasteiger partial charge in [-0.1, -0.05) is 23.7 Å². The van der Waals surface area contributed by atoms with Gasteiger partial charge in [-0.3, -0.25) is 4.79 Å². The van der Waals surface area contributed by atoms with Crippen LogP contribution in [-0.4, -0.2) is 13.0 Å². The van der Waals surface area contributed by atoms with Crippen molar-refractivity contribution in [2.45, 2.75) is 0 Å². The van der Waals surface area contributed by atoms with E-state index in [0.29, 0.717) is 10.8 Å². The third kappa shape index (κ3) is 1.95. The van der Waals surface area contributed by atoms with Crippen LogP contribution >= 0.6 is 11.6 Å². The lowest BCUT2D eigenvalue weighted by atomic mass is 10.2. The summed E-state index contributed by atoms with van der Waals surface area (Å²) in [6.45, 7) is 0. The Labute approximate surface area is 98.0 Å². The standard InChI is InChI=1S/C12H10ClNO2/c1-14-12(15)11-7-6-10(16-11)8-4-2-3-5-9(8)13/h2-7H,1H3,(H,14,15). The number of nitrogens with one attached hydrogen (secondary N) is 1. The predicted molar refractivity (Wildman–Crippen MR) is 62.5 cm³/mol. The fraction of sp³-hybridized carbons (Fsp3) is 0.0833. The van der Waals surface area contributed by atoms with Crippen LogP contribution in [0.5, 0.6) is 0 Å². The van der Waals surface area contributed by atoms with Crippen LogP contribution in [0, 0.1) is 0 Å². The maximum absolute atomic E-state index is 11.3. The smallest absolute Gasteiger partial charge is 0.286 e. The number of amides is 1. The van der Waals surface area contributed by atoms with E-state index in [2.05, 4.69) is 5.32 Å². The molecule has 0 atom stereocenters. The van der Waals surface area contributed by atoms with Gasteiger partial charge in [0.1, 0.15) is 5.76 Å². The van der Waals surface area contributed by atoms with Gasteiger partial charge >= 0.3 is 0 Å². The van der Waals surface area contributed by atoms with E-state index in [1.807, 2.05) is 18.2 Å². The monoisotopic (exact) mass is 235 g/mol. The van der Waals surface area contributed by atoms with E-state index in [9.17, 15) is 4.79 Å². The molecule has 0 fully saturated rings. The quantitative estimate of drug-likeness (QED) is 0.870. The molecule has 0 saturated carbocycles. The minimum Gasteiger partial charge on any atom is -0.451 e. The van der Waals surface area contributed by atoms with Gasteiger partial charge in [0.05, 0.1) is 5.02 Å². The van der Waals surface area contributed by atoms with Gasteiger partial charge in [0.2, 0.25) is 0 Å². The minimum absolute atomic E-state index is 0.252. The highest BCUT2D eigenvalue weighted by atomic mass is 35.5. The fourth-order valence-corrected chi connectivity index (χ4v) is 1.62. The van der Waals surface area contributed by atoms with Crippen molar-refractivity contribution in [3.63, 3.8) is 0 Å². The second kappa shape index (κ2) is 4.41. The molecule has 0 radical (unpaired) electrons. The van der Waals surface area contributed by atoms with Crippen molar-refractivity contribution >= 4 is 17.5 Å². The summed E-state index contributed by atoms with van der Waals surface area (Å²) in [6, 6.07) is 10.7. The Morgan fingerprint density at radius 3 is 2.69 bits per heavy atom. The number of carbonyl (C=O) groups is 1. The number of hydrogen-bond donors (Lipinski definition) is 1. The average molecular weight is 236 g/mol. The van der Waals surface area contributed by atoms with E-state index < -0.39 is 0 Å². The largest absolute Gasteiger partial charge is 0.451 e. The van der Waals surface area contributed by atoms with Gasteiger partial charge in [0, 0.05) is 12.6 Å². The topological polar surface area (TPSA) is 42.2 Å². The van der Waals surface area contributed by atoms with Gasteiger partial charge in [-0.25, -0.2) is 0 Å². The highest BCUT2D eigenvalue weighted by Crippen LogP contribution is 2.28. The normalized spacial score (nSPS) is 10.1. The molecular weight excluding hydrogens is 226 g/mol. The van der Waals surface area contributed by atoms with Gasteiger partial charge in [0.25, 0.3) is 5.91 Å². The number of hydrogen-bond acceptors (Lipinski definition) is 2. The first-order valence-electron chi connectivity index (χ1n) is 4.79. The summed E-state index contributed by atoms with van der Waals surface area (Å²) in [4.78, 5) is 11.3. The van der Waals surface area contributed by atoms with Crippen LogP contribution in [0.1, 0.15) is 10.6 Å². The van der Waals surface area contributed by atoms with Gasteiger partial charge in [-0.05, 0) is 24.3 Å². The van der Waals surface area contributed by atoms with Crippen LogP contribution in [0.25, 0.3) is 11.3 Å². The van der Waals surface area contributed by atoms with Crippen LogP contribution in [0.15, 0.2) is 40.8 Å². The molecule has 82 valence electrons.